The predicted octanol–water partition coefficient (Wildman–Crippen LogP) is 5.06. The van der Waals surface area contributed by atoms with Gasteiger partial charge in [-0.15, -0.1) is 0 Å². The van der Waals surface area contributed by atoms with Crippen LogP contribution in [0.3, 0.4) is 0 Å². The van der Waals surface area contributed by atoms with Crippen LogP contribution in [0.25, 0.3) is 11.0 Å². The molecule has 31 heavy (non-hydrogen) atoms. The molecule has 0 saturated heterocycles. The molecule has 0 radical (unpaired) electrons. The molecule has 4 rings (SSSR count). The standard InChI is InChI=1S/C22H18ClFN6O/c1-13-10-14(28-21-16(24)12-27-17-5-7-19(23)29-22(17)21)4-6-18(13)31-15-8-9-30(26-3)20(11-15)25-2/h4-12H,3H2,1-2H3,(H,27,28). The maximum absolute atomic E-state index is 14.5. The van der Waals surface area contributed by atoms with Crippen LogP contribution in [0.1, 0.15) is 5.56 Å². The van der Waals surface area contributed by atoms with E-state index in [0.29, 0.717) is 33.7 Å². The van der Waals surface area contributed by atoms with Crippen molar-refractivity contribution in [3.8, 4) is 11.5 Å². The van der Waals surface area contributed by atoms with Crippen molar-refractivity contribution in [2.75, 3.05) is 12.4 Å². The van der Waals surface area contributed by atoms with Gasteiger partial charge in [-0.25, -0.2) is 14.1 Å². The van der Waals surface area contributed by atoms with Gasteiger partial charge in [-0.3, -0.25) is 9.98 Å². The number of anilines is 2. The van der Waals surface area contributed by atoms with E-state index in [0.717, 1.165) is 11.8 Å². The molecule has 0 unspecified atom stereocenters. The molecule has 1 aromatic carbocycles. The Kier molecular flexibility index (Phi) is 5.64. The molecule has 156 valence electrons. The molecule has 0 aliphatic heterocycles. The number of benzene rings is 1. The fourth-order valence-corrected chi connectivity index (χ4v) is 3.21. The van der Waals surface area contributed by atoms with E-state index in [2.05, 4.69) is 32.1 Å². The van der Waals surface area contributed by atoms with E-state index in [1.54, 1.807) is 54.3 Å². The van der Waals surface area contributed by atoms with E-state index in [9.17, 15) is 4.39 Å². The van der Waals surface area contributed by atoms with Gasteiger partial charge < -0.3 is 10.1 Å². The molecular formula is C22H18ClFN6O. The zero-order valence-corrected chi connectivity index (χ0v) is 17.6. The number of halogens is 2. The van der Waals surface area contributed by atoms with Crippen LogP contribution >= 0.6 is 11.6 Å². The van der Waals surface area contributed by atoms with Crippen molar-refractivity contribution in [3.63, 3.8) is 0 Å². The van der Waals surface area contributed by atoms with E-state index >= 15 is 0 Å². The van der Waals surface area contributed by atoms with Gasteiger partial charge in [0.15, 0.2) is 11.3 Å². The van der Waals surface area contributed by atoms with Crippen molar-refractivity contribution in [2.45, 2.75) is 6.92 Å². The zero-order chi connectivity index (χ0) is 22.0. The van der Waals surface area contributed by atoms with Gasteiger partial charge in [0.1, 0.15) is 27.9 Å². The highest BCUT2D eigenvalue weighted by Gasteiger charge is 2.12. The molecule has 3 heterocycles. The number of ether oxygens (including phenoxy) is 1. The fraction of sp³-hybridized carbons (Fsp3) is 0.0909. The molecule has 3 aromatic heterocycles. The minimum Gasteiger partial charge on any atom is -0.457 e. The Morgan fingerprint density at radius 3 is 2.77 bits per heavy atom. The monoisotopic (exact) mass is 436 g/mol. The van der Waals surface area contributed by atoms with E-state index in [4.69, 9.17) is 16.3 Å². The van der Waals surface area contributed by atoms with Crippen LogP contribution in [0.15, 0.2) is 65.0 Å². The van der Waals surface area contributed by atoms with E-state index in [1.165, 1.54) is 0 Å². The second kappa shape index (κ2) is 8.53. The van der Waals surface area contributed by atoms with Crippen molar-refractivity contribution in [1.82, 2.24) is 14.6 Å². The first-order valence-corrected chi connectivity index (χ1v) is 9.65. The molecule has 4 aromatic rings. The highest BCUT2D eigenvalue weighted by atomic mass is 35.5. The Hall–Kier alpha value is -3.78. The summed E-state index contributed by atoms with van der Waals surface area (Å²) in [5.41, 5.74) is 3.23. The van der Waals surface area contributed by atoms with Gasteiger partial charge in [-0.2, -0.15) is 5.10 Å². The Labute approximate surface area is 182 Å². The van der Waals surface area contributed by atoms with Crippen molar-refractivity contribution in [3.05, 3.63) is 76.9 Å². The number of nitrogens with zero attached hydrogens (tertiary/aromatic N) is 5. The number of pyridine rings is 3. The smallest absolute Gasteiger partial charge is 0.167 e. The molecule has 0 amide bonds. The number of fused-ring (bicyclic) bond motifs is 1. The van der Waals surface area contributed by atoms with Gasteiger partial charge in [0.05, 0.1) is 11.7 Å². The van der Waals surface area contributed by atoms with Crippen LogP contribution in [0.2, 0.25) is 5.15 Å². The van der Waals surface area contributed by atoms with Gasteiger partial charge in [-0.1, -0.05) is 11.6 Å². The van der Waals surface area contributed by atoms with Crippen LogP contribution in [0, 0.1) is 12.7 Å². The lowest BCUT2D eigenvalue weighted by Crippen LogP contribution is -2.15. The topological polar surface area (TPSA) is 76.7 Å². The third kappa shape index (κ3) is 4.24. The average Bonchev–Trinajstić information content (AvgIpc) is 2.77. The molecule has 0 aliphatic rings. The minimum atomic E-state index is -0.524. The molecule has 0 saturated carbocycles. The van der Waals surface area contributed by atoms with Crippen molar-refractivity contribution in [1.29, 1.82) is 0 Å². The predicted molar refractivity (Wildman–Crippen MR) is 120 cm³/mol. The second-order valence-electron chi connectivity index (χ2n) is 6.62. The number of rotatable bonds is 5. The summed E-state index contributed by atoms with van der Waals surface area (Å²) in [6, 6.07) is 12.3. The van der Waals surface area contributed by atoms with E-state index in [-0.39, 0.29) is 10.8 Å². The van der Waals surface area contributed by atoms with Crippen molar-refractivity contribution in [2.24, 2.45) is 10.1 Å². The summed E-state index contributed by atoms with van der Waals surface area (Å²) in [7, 11) is 1.66. The number of aromatic nitrogens is 3. The summed E-state index contributed by atoms with van der Waals surface area (Å²) in [5.74, 6) is 0.733. The van der Waals surface area contributed by atoms with Gasteiger partial charge in [0.25, 0.3) is 0 Å². The average molecular weight is 437 g/mol. The minimum absolute atomic E-state index is 0.208. The van der Waals surface area contributed by atoms with Gasteiger partial charge >= 0.3 is 0 Å². The Morgan fingerprint density at radius 2 is 2.03 bits per heavy atom. The van der Waals surface area contributed by atoms with Crippen LogP contribution in [0.5, 0.6) is 11.5 Å². The Balaban J connectivity index is 1.63. The lowest BCUT2D eigenvalue weighted by molar-refractivity contribution is 0.475. The molecule has 0 atom stereocenters. The van der Waals surface area contributed by atoms with Gasteiger partial charge in [0.2, 0.25) is 0 Å². The fourth-order valence-electron chi connectivity index (χ4n) is 3.06. The molecule has 0 fully saturated rings. The summed E-state index contributed by atoms with van der Waals surface area (Å²) in [6.45, 7) is 5.40. The first-order valence-electron chi connectivity index (χ1n) is 9.27. The van der Waals surface area contributed by atoms with Gasteiger partial charge in [-0.05, 0) is 48.9 Å². The van der Waals surface area contributed by atoms with Crippen LogP contribution in [0.4, 0.5) is 15.8 Å². The van der Waals surface area contributed by atoms with Crippen LogP contribution < -0.4 is 15.5 Å². The largest absolute Gasteiger partial charge is 0.457 e. The number of nitrogens with one attached hydrogen (secondary N) is 1. The van der Waals surface area contributed by atoms with Crippen LogP contribution in [-0.2, 0) is 0 Å². The zero-order valence-electron chi connectivity index (χ0n) is 16.8. The number of hydrogen-bond donors (Lipinski definition) is 1. The van der Waals surface area contributed by atoms with Crippen molar-refractivity contribution >= 4 is 40.7 Å². The molecule has 0 bridgehead atoms. The third-order valence-corrected chi connectivity index (χ3v) is 4.78. The molecule has 0 spiro atoms. The van der Waals surface area contributed by atoms with Crippen molar-refractivity contribution < 1.29 is 9.13 Å². The number of hydrogen-bond acceptors (Lipinski definition) is 6. The van der Waals surface area contributed by atoms with E-state index < -0.39 is 5.82 Å². The van der Waals surface area contributed by atoms with Gasteiger partial charge in [0, 0.05) is 31.7 Å². The molecule has 7 nitrogen and oxygen atoms in total. The summed E-state index contributed by atoms with van der Waals surface area (Å²) >= 11 is 5.99. The SMILES string of the molecule is C=Nn1ccc(Oc2ccc(Nc3c(F)cnc4ccc(Cl)nc34)cc2C)cc1=NC. The quantitative estimate of drug-likeness (QED) is 0.350. The Morgan fingerprint density at radius 1 is 1.19 bits per heavy atom. The second-order valence-corrected chi connectivity index (χ2v) is 7.01. The first kappa shape index (κ1) is 20.5. The molecule has 0 aliphatic carbocycles. The highest BCUT2D eigenvalue weighted by Crippen LogP contribution is 2.31. The summed E-state index contributed by atoms with van der Waals surface area (Å²) in [4.78, 5) is 12.4. The van der Waals surface area contributed by atoms with Crippen LogP contribution in [-0.4, -0.2) is 28.4 Å². The highest BCUT2D eigenvalue weighted by molar-refractivity contribution is 6.29. The summed E-state index contributed by atoms with van der Waals surface area (Å²) in [6.07, 6.45) is 2.87. The molecular weight excluding hydrogens is 419 g/mol. The Bertz CT molecular complexity index is 1360. The lowest BCUT2D eigenvalue weighted by atomic mass is 10.2. The molecule has 1 N–H and O–H groups in total. The summed E-state index contributed by atoms with van der Waals surface area (Å²) in [5, 5.41) is 7.19. The normalized spacial score (nSPS) is 11.5. The maximum atomic E-state index is 14.5. The third-order valence-electron chi connectivity index (χ3n) is 4.57. The van der Waals surface area contributed by atoms with E-state index in [1.807, 2.05) is 13.0 Å². The summed E-state index contributed by atoms with van der Waals surface area (Å²) < 4.78 is 22.0. The lowest BCUT2D eigenvalue weighted by Gasteiger charge is -2.13. The first-order chi connectivity index (χ1) is 15.0. The molecule has 9 heteroatoms. The maximum Gasteiger partial charge on any atom is 0.167 e. The number of aryl methyl sites for hydroxylation is 1.